The number of benzene rings is 2. The maximum atomic E-state index is 10.8. The minimum atomic E-state index is -4.62. The first-order valence-electron chi connectivity index (χ1n) is 8.58. The zero-order chi connectivity index (χ0) is 23.8. The predicted octanol–water partition coefficient (Wildman–Crippen LogP) is -2.64. The Labute approximate surface area is 193 Å². The number of rotatable bonds is 5. The van der Waals surface area contributed by atoms with Crippen molar-refractivity contribution in [3.05, 3.63) is 36.4 Å². The molecule has 2 aromatic rings. The van der Waals surface area contributed by atoms with Gasteiger partial charge in [0.15, 0.2) is 0 Å². The van der Waals surface area contributed by atoms with Gasteiger partial charge in [-0.25, -0.2) is 16.8 Å². The van der Waals surface area contributed by atoms with Crippen molar-refractivity contribution in [2.75, 3.05) is 39.3 Å². The Kier molecular flexibility index (Phi) is 20.4. The molecule has 0 saturated heterocycles. The van der Waals surface area contributed by atoms with Gasteiger partial charge in [-0.15, -0.1) is 0 Å². The van der Waals surface area contributed by atoms with Crippen molar-refractivity contribution < 1.29 is 42.4 Å². The van der Waals surface area contributed by atoms with Crippen LogP contribution < -0.4 is 34.4 Å². The normalized spacial score (nSPS) is 10.3. The van der Waals surface area contributed by atoms with Gasteiger partial charge in [0.2, 0.25) is 0 Å². The molecule has 0 fully saturated rings. The summed E-state index contributed by atoms with van der Waals surface area (Å²) >= 11 is 0. The SMILES string of the molecule is NCCN.NCCN.NCCN.O=S(=O)([O-])c1ccc2ccc(S(=O)(=O)[O-])cc2c1.[Ni+2]. The third-order valence-electron chi connectivity index (χ3n) is 2.86. The Hall–Kier alpha value is -1.23. The molecule has 12 nitrogen and oxygen atoms in total. The van der Waals surface area contributed by atoms with E-state index in [9.17, 15) is 25.9 Å². The summed E-state index contributed by atoms with van der Waals surface area (Å²) in [5.74, 6) is 0. The van der Waals surface area contributed by atoms with Crippen LogP contribution in [0.1, 0.15) is 0 Å². The van der Waals surface area contributed by atoms with Gasteiger partial charge in [-0.05, 0) is 35.0 Å². The van der Waals surface area contributed by atoms with Gasteiger partial charge in [0.25, 0.3) is 0 Å². The second-order valence-electron chi connectivity index (χ2n) is 5.31. The second kappa shape index (κ2) is 18.4. The van der Waals surface area contributed by atoms with Gasteiger partial charge < -0.3 is 43.5 Å². The first-order chi connectivity index (χ1) is 13.9. The summed E-state index contributed by atoms with van der Waals surface area (Å²) in [6, 6.07) is 7.04. The predicted molar refractivity (Wildman–Crippen MR) is 114 cm³/mol. The van der Waals surface area contributed by atoms with E-state index in [2.05, 4.69) is 0 Å². The zero-order valence-electron chi connectivity index (χ0n) is 16.8. The Bertz CT molecular complexity index is 863. The number of hydrogen-bond acceptors (Lipinski definition) is 12. The van der Waals surface area contributed by atoms with E-state index in [0.717, 1.165) is 24.3 Å². The number of hydrogen-bond donors (Lipinski definition) is 6. The molecule has 0 spiro atoms. The molecule has 0 bridgehead atoms. The quantitative estimate of drug-likeness (QED) is 0.173. The molecular formula is C16H30N6NiO6S2. The molecule has 0 aliphatic rings. The summed E-state index contributed by atoms with van der Waals surface area (Å²) in [5, 5.41) is 0.721. The third kappa shape index (κ3) is 16.1. The molecule has 2 rings (SSSR count). The minimum absolute atomic E-state index is 0. The average molecular weight is 525 g/mol. The van der Waals surface area contributed by atoms with Gasteiger partial charge in [0, 0.05) is 39.3 Å². The molecule has 0 aliphatic carbocycles. The van der Waals surface area contributed by atoms with Crippen LogP contribution in [0.4, 0.5) is 0 Å². The standard InChI is InChI=1S/C10H8O6S2.3C2H8N2.Ni/c11-17(12,13)9-3-1-7-2-4-10(18(14,15)16)6-8(7)5-9;3*3-1-2-4;/h1-6H,(H,11,12,13)(H,14,15,16);3*1-4H2;/q;;;;+2/p-2. The molecule has 0 aromatic heterocycles. The van der Waals surface area contributed by atoms with Crippen molar-refractivity contribution in [3.63, 3.8) is 0 Å². The summed E-state index contributed by atoms with van der Waals surface area (Å²) in [6.45, 7) is 3.58. The van der Waals surface area contributed by atoms with Crippen molar-refractivity contribution in [2.24, 2.45) is 34.4 Å². The fourth-order valence-corrected chi connectivity index (χ4v) is 2.53. The molecule has 0 aliphatic heterocycles. The molecule has 15 heteroatoms. The molecule has 0 radical (unpaired) electrons. The molecular weight excluding hydrogens is 495 g/mol. The van der Waals surface area contributed by atoms with Crippen LogP contribution in [0.2, 0.25) is 0 Å². The molecule has 182 valence electrons. The fourth-order valence-electron chi connectivity index (χ4n) is 1.51. The van der Waals surface area contributed by atoms with Crippen molar-refractivity contribution in [1.29, 1.82) is 0 Å². The van der Waals surface area contributed by atoms with Crippen LogP contribution in [-0.2, 0) is 36.7 Å². The van der Waals surface area contributed by atoms with Gasteiger partial charge in [0.1, 0.15) is 20.2 Å². The summed E-state index contributed by atoms with van der Waals surface area (Å²) in [5.41, 5.74) is 29.4. The van der Waals surface area contributed by atoms with E-state index in [0.29, 0.717) is 44.7 Å². The largest absolute Gasteiger partial charge is 2.00 e. The maximum Gasteiger partial charge on any atom is 2.00 e. The van der Waals surface area contributed by atoms with Crippen LogP contribution in [0.15, 0.2) is 46.2 Å². The smallest absolute Gasteiger partial charge is 0.744 e. The van der Waals surface area contributed by atoms with Crippen LogP contribution in [0.3, 0.4) is 0 Å². The average Bonchev–Trinajstić information content (AvgIpc) is 2.72. The summed E-state index contributed by atoms with van der Waals surface area (Å²) < 4.78 is 64.9. The van der Waals surface area contributed by atoms with Gasteiger partial charge in [-0.1, -0.05) is 12.1 Å². The van der Waals surface area contributed by atoms with Crippen LogP contribution in [0.5, 0.6) is 0 Å². The van der Waals surface area contributed by atoms with Crippen LogP contribution >= 0.6 is 0 Å². The first kappa shape index (κ1) is 34.4. The van der Waals surface area contributed by atoms with E-state index in [1.165, 1.54) is 12.1 Å². The third-order valence-corrected chi connectivity index (χ3v) is 4.52. The van der Waals surface area contributed by atoms with E-state index in [1.54, 1.807) is 0 Å². The Balaban J connectivity index is -0.000000503. The Morgan fingerprint density at radius 2 is 0.806 bits per heavy atom. The maximum absolute atomic E-state index is 10.8. The molecule has 31 heavy (non-hydrogen) atoms. The van der Waals surface area contributed by atoms with E-state index in [-0.39, 0.29) is 21.9 Å². The summed E-state index contributed by atoms with van der Waals surface area (Å²) in [6.07, 6.45) is 0. The molecule has 12 N–H and O–H groups in total. The number of fused-ring (bicyclic) bond motifs is 1. The van der Waals surface area contributed by atoms with Crippen LogP contribution in [0.25, 0.3) is 10.8 Å². The zero-order valence-corrected chi connectivity index (χ0v) is 19.4. The van der Waals surface area contributed by atoms with Gasteiger partial charge in [-0.2, -0.15) is 0 Å². The molecule has 2 aromatic carbocycles. The van der Waals surface area contributed by atoms with Crippen molar-refractivity contribution in [1.82, 2.24) is 0 Å². The minimum Gasteiger partial charge on any atom is -0.744 e. The monoisotopic (exact) mass is 524 g/mol. The molecule has 0 saturated carbocycles. The van der Waals surface area contributed by atoms with Gasteiger partial charge in [0.05, 0.1) is 9.79 Å². The van der Waals surface area contributed by atoms with Crippen LogP contribution in [-0.4, -0.2) is 65.2 Å². The van der Waals surface area contributed by atoms with Crippen molar-refractivity contribution >= 4 is 31.0 Å². The van der Waals surface area contributed by atoms with Crippen LogP contribution in [0, 0.1) is 0 Å². The van der Waals surface area contributed by atoms with Crippen molar-refractivity contribution in [2.45, 2.75) is 9.79 Å². The summed E-state index contributed by atoms with van der Waals surface area (Å²) in [7, 11) is -9.24. The summed E-state index contributed by atoms with van der Waals surface area (Å²) in [4.78, 5) is -0.953. The first-order valence-corrected chi connectivity index (χ1v) is 11.4. The topological polar surface area (TPSA) is 271 Å². The Morgan fingerprint density at radius 3 is 1.00 bits per heavy atom. The molecule has 0 unspecified atom stereocenters. The second-order valence-corrected chi connectivity index (χ2v) is 8.07. The van der Waals surface area contributed by atoms with E-state index < -0.39 is 30.0 Å². The molecule has 0 amide bonds. The molecule has 0 atom stereocenters. The fraction of sp³-hybridized carbons (Fsp3) is 0.375. The van der Waals surface area contributed by atoms with Crippen molar-refractivity contribution in [3.8, 4) is 0 Å². The number of nitrogens with two attached hydrogens (primary N) is 6. The van der Waals surface area contributed by atoms with E-state index in [4.69, 9.17) is 34.4 Å². The van der Waals surface area contributed by atoms with E-state index in [1.807, 2.05) is 0 Å². The van der Waals surface area contributed by atoms with E-state index >= 15 is 0 Å². The van der Waals surface area contributed by atoms with Gasteiger partial charge in [-0.3, -0.25) is 0 Å². The van der Waals surface area contributed by atoms with Gasteiger partial charge >= 0.3 is 16.5 Å². The molecule has 0 heterocycles. The Morgan fingerprint density at radius 1 is 0.548 bits per heavy atom.